The van der Waals surface area contributed by atoms with E-state index in [0.717, 1.165) is 22.2 Å². The molecule has 2 N–H and O–H groups in total. The van der Waals surface area contributed by atoms with Gasteiger partial charge >= 0.3 is 0 Å². The number of anilines is 1. The van der Waals surface area contributed by atoms with Crippen molar-refractivity contribution in [2.45, 2.75) is 19.3 Å². The molecule has 8 heteroatoms. The van der Waals surface area contributed by atoms with Gasteiger partial charge < -0.3 is 20.1 Å². The van der Waals surface area contributed by atoms with Gasteiger partial charge in [0.05, 0.1) is 13.0 Å². The number of piperidine rings is 1. The number of para-hydroxylation sites is 2. The van der Waals surface area contributed by atoms with Gasteiger partial charge in [-0.2, -0.15) is 0 Å². The number of benzene rings is 2. The van der Waals surface area contributed by atoms with Crippen LogP contribution in [0.2, 0.25) is 0 Å². The highest BCUT2D eigenvalue weighted by Gasteiger charge is 2.29. The molecule has 0 atom stereocenters. The topological polar surface area (TPSA) is 88.8 Å². The van der Waals surface area contributed by atoms with Crippen molar-refractivity contribution in [1.82, 2.24) is 19.7 Å². The van der Waals surface area contributed by atoms with E-state index in [9.17, 15) is 14.4 Å². The average molecular weight is 488 g/mol. The number of amides is 3. The van der Waals surface area contributed by atoms with E-state index >= 15 is 0 Å². The quantitative estimate of drug-likeness (QED) is 0.560. The van der Waals surface area contributed by atoms with Crippen molar-refractivity contribution in [3.05, 3.63) is 66.4 Å². The van der Waals surface area contributed by atoms with E-state index in [-0.39, 0.29) is 23.6 Å². The van der Waals surface area contributed by atoms with Crippen LogP contribution in [0.25, 0.3) is 10.9 Å². The molecule has 3 heterocycles. The van der Waals surface area contributed by atoms with Gasteiger partial charge in [0.25, 0.3) is 0 Å². The number of carbonyl (C=O) groups excluding carboxylic acids is 3. The Labute approximate surface area is 211 Å². The Bertz CT molecular complexity index is 1210. The first-order valence-electron chi connectivity index (χ1n) is 12.8. The molecule has 3 amide bonds. The van der Waals surface area contributed by atoms with Crippen LogP contribution >= 0.6 is 0 Å². The Balaban J connectivity index is 1.04. The second kappa shape index (κ2) is 11.0. The minimum Gasteiger partial charge on any atom is -0.361 e. The van der Waals surface area contributed by atoms with E-state index in [0.29, 0.717) is 65.1 Å². The third kappa shape index (κ3) is 5.60. The predicted molar refractivity (Wildman–Crippen MR) is 139 cm³/mol. The first-order chi connectivity index (χ1) is 17.6. The summed E-state index contributed by atoms with van der Waals surface area (Å²) in [7, 11) is 0. The molecular weight excluding hydrogens is 454 g/mol. The lowest BCUT2D eigenvalue weighted by atomic mass is 9.95. The first-order valence-corrected chi connectivity index (χ1v) is 12.8. The number of hydrogen-bond donors (Lipinski definition) is 2. The molecular formula is C28H33N5O3. The predicted octanol–water partition coefficient (Wildman–Crippen LogP) is 2.73. The number of piperazine rings is 1. The molecule has 1 aromatic heterocycles. The molecule has 0 bridgehead atoms. The number of hydrogen-bond acceptors (Lipinski definition) is 4. The standard InChI is InChI=1S/C28H33N5O3/c34-26(18-22-19-29-25-9-5-4-8-24(22)25)33-16-14-31(15-17-33)20-27(35)32-12-10-21(11-13-32)28(36)30-23-6-2-1-3-7-23/h1-9,19,21,29H,10-18,20H2,(H,30,36). The van der Waals surface area contributed by atoms with Crippen molar-refractivity contribution in [3.8, 4) is 0 Å². The van der Waals surface area contributed by atoms with Gasteiger partial charge in [-0.3, -0.25) is 19.3 Å². The molecule has 2 fully saturated rings. The highest BCUT2D eigenvalue weighted by Crippen LogP contribution is 2.21. The van der Waals surface area contributed by atoms with Crippen molar-refractivity contribution in [2.75, 3.05) is 51.1 Å². The van der Waals surface area contributed by atoms with E-state index in [1.165, 1.54) is 0 Å². The SMILES string of the molecule is O=C(Nc1ccccc1)C1CCN(C(=O)CN2CCN(C(=O)Cc3c[nH]c4ccccc34)CC2)CC1. The number of nitrogens with one attached hydrogen (secondary N) is 2. The maximum absolute atomic E-state index is 12.9. The Hall–Kier alpha value is -3.65. The number of nitrogens with zero attached hydrogens (tertiary/aromatic N) is 3. The minimum atomic E-state index is -0.0686. The van der Waals surface area contributed by atoms with Crippen LogP contribution in [0, 0.1) is 5.92 Å². The second-order valence-electron chi connectivity index (χ2n) is 9.70. The summed E-state index contributed by atoms with van der Waals surface area (Å²) in [4.78, 5) is 47.5. The molecule has 0 unspecified atom stereocenters. The van der Waals surface area contributed by atoms with Crippen molar-refractivity contribution in [2.24, 2.45) is 5.92 Å². The third-order valence-corrected chi connectivity index (χ3v) is 7.36. The summed E-state index contributed by atoms with van der Waals surface area (Å²) in [5.41, 5.74) is 2.87. The molecule has 0 radical (unpaired) electrons. The molecule has 0 saturated carbocycles. The van der Waals surface area contributed by atoms with Crippen LogP contribution in [-0.4, -0.2) is 83.2 Å². The maximum Gasteiger partial charge on any atom is 0.236 e. The van der Waals surface area contributed by atoms with E-state index in [1.807, 2.05) is 70.6 Å². The van der Waals surface area contributed by atoms with Crippen LogP contribution < -0.4 is 5.32 Å². The highest BCUT2D eigenvalue weighted by molar-refractivity contribution is 5.93. The molecule has 2 saturated heterocycles. The largest absolute Gasteiger partial charge is 0.361 e. The van der Waals surface area contributed by atoms with Crippen molar-refractivity contribution in [3.63, 3.8) is 0 Å². The second-order valence-corrected chi connectivity index (χ2v) is 9.70. The highest BCUT2D eigenvalue weighted by atomic mass is 16.2. The van der Waals surface area contributed by atoms with E-state index in [1.54, 1.807) is 0 Å². The molecule has 2 aliphatic heterocycles. The van der Waals surface area contributed by atoms with Gasteiger partial charge in [0, 0.05) is 68.0 Å². The minimum absolute atomic E-state index is 0.0294. The molecule has 36 heavy (non-hydrogen) atoms. The number of fused-ring (bicyclic) bond motifs is 1. The number of H-pyrrole nitrogens is 1. The van der Waals surface area contributed by atoms with Gasteiger partial charge in [-0.1, -0.05) is 36.4 Å². The molecule has 0 aliphatic carbocycles. The molecule has 0 spiro atoms. The number of carbonyl (C=O) groups is 3. The molecule has 2 aliphatic rings. The lowest BCUT2D eigenvalue weighted by Gasteiger charge is -2.37. The maximum atomic E-state index is 12.9. The summed E-state index contributed by atoms with van der Waals surface area (Å²) >= 11 is 0. The average Bonchev–Trinajstić information content (AvgIpc) is 3.32. The van der Waals surface area contributed by atoms with Gasteiger partial charge in [0.15, 0.2) is 0 Å². The molecule has 8 nitrogen and oxygen atoms in total. The van der Waals surface area contributed by atoms with Crippen LogP contribution in [0.3, 0.4) is 0 Å². The summed E-state index contributed by atoms with van der Waals surface area (Å²) in [5.74, 6) is 0.194. The zero-order chi connectivity index (χ0) is 24.9. The number of aromatic amines is 1. The van der Waals surface area contributed by atoms with Gasteiger partial charge in [-0.15, -0.1) is 0 Å². The van der Waals surface area contributed by atoms with Crippen molar-refractivity contribution in [1.29, 1.82) is 0 Å². The third-order valence-electron chi connectivity index (χ3n) is 7.36. The summed E-state index contributed by atoms with van der Waals surface area (Å²) < 4.78 is 0. The number of aromatic nitrogens is 1. The molecule has 188 valence electrons. The zero-order valence-electron chi connectivity index (χ0n) is 20.5. The molecule has 2 aromatic carbocycles. The fourth-order valence-corrected chi connectivity index (χ4v) is 5.16. The van der Waals surface area contributed by atoms with Gasteiger partial charge in [0.2, 0.25) is 17.7 Å². The summed E-state index contributed by atoms with van der Waals surface area (Å²) in [5, 5.41) is 4.07. The van der Waals surface area contributed by atoms with E-state index < -0.39 is 0 Å². The van der Waals surface area contributed by atoms with Gasteiger partial charge in [-0.25, -0.2) is 0 Å². The van der Waals surface area contributed by atoms with Gasteiger partial charge in [-0.05, 0) is 36.6 Å². The van der Waals surface area contributed by atoms with Crippen LogP contribution in [0.5, 0.6) is 0 Å². The Morgan fingerprint density at radius 1 is 0.806 bits per heavy atom. The fourth-order valence-electron chi connectivity index (χ4n) is 5.16. The Morgan fingerprint density at radius 3 is 2.22 bits per heavy atom. The molecule has 5 rings (SSSR count). The summed E-state index contributed by atoms with van der Waals surface area (Å²) in [6.07, 6.45) is 3.67. The monoisotopic (exact) mass is 487 g/mol. The van der Waals surface area contributed by atoms with Crippen LogP contribution in [0.1, 0.15) is 18.4 Å². The number of likely N-dealkylation sites (tertiary alicyclic amines) is 1. The Kier molecular flexibility index (Phi) is 7.32. The zero-order valence-corrected chi connectivity index (χ0v) is 20.5. The summed E-state index contributed by atoms with van der Waals surface area (Å²) in [6, 6.07) is 17.5. The normalized spacial score (nSPS) is 17.3. The fraction of sp³-hybridized carbons (Fsp3) is 0.393. The van der Waals surface area contributed by atoms with Crippen LogP contribution in [0.15, 0.2) is 60.8 Å². The lowest BCUT2D eigenvalue weighted by Crippen LogP contribution is -2.52. The molecule has 3 aromatic rings. The summed E-state index contributed by atoms with van der Waals surface area (Å²) in [6.45, 7) is 4.24. The Morgan fingerprint density at radius 2 is 1.47 bits per heavy atom. The van der Waals surface area contributed by atoms with E-state index in [4.69, 9.17) is 0 Å². The van der Waals surface area contributed by atoms with Crippen molar-refractivity contribution < 1.29 is 14.4 Å². The smallest absolute Gasteiger partial charge is 0.236 e. The van der Waals surface area contributed by atoms with Crippen LogP contribution in [-0.2, 0) is 20.8 Å². The van der Waals surface area contributed by atoms with Gasteiger partial charge in [0.1, 0.15) is 0 Å². The van der Waals surface area contributed by atoms with E-state index in [2.05, 4.69) is 15.2 Å². The number of rotatable bonds is 6. The first kappa shape index (κ1) is 24.1. The van der Waals surface area contributed by atoms with Crippen molar-refractivity contribution >= 4 is 34.3 Å². The van der Waals surface area contributed by atoms with Crippen LogP contribution in [0.4, 0.5) is 5.69 Å². The lowest BCUT2D eigenvalue weighted by molar-refractivity contribution is -0.137.